The molecule has 5 heteroatoms. The van der Waals surface area contributed by atoms with Crippen LogP contribution in [-0.2, 0) is 4.74 Å². The molecule has 1 atom stereocenters. The Kier molecular flexibility index (Phi) is 3.84. The minimum atomic E-state index is -0.0869. The van der Waals surface area contributed by atoms with Crippen molar-refractivity contribution in [3.63, 3.8) is 0 Å². The Balaban J connectivity index is 1.80. The SMILES string of the molecule is COC[C@@H]1CCCN1C(=O)Nc1cccc2cc(C)oc12. The van der Waals surface area contributed by atoms with Gasteiger partial charge in [-0.15, -0.1) is 0 Å². The molecule has 1 fully saturated rings. The number of nitrogens with zero attached hydrogens (tertiary/aromatic N) is 1. The van der Waals surface area contributed by atoms with Gasteiger partial charge in [-0.3, -0.25) is 0 Å². The summed E-state index contributed by atoms with van der Waals surface area (Å²) in [5.74, 6) is 0.838. The molecule has 0 aliphatic carbocycles. The summed E-state index contributed by atoms with van der Waals surface area (Å²) in [7, 11) is 1.67. The zero-order valence-electron chi connectivity index (χ0n) is 12.4. The number of benzene rings is 1. The van der Waals surface area contributed by atoms with Gasteiger partial charge < -0.3 is 19.4 Å². The molecule has 1 saturated heterocycles. The Hall–Kier alpha value is -2.01. The van der Waals surface area contributed by atoms with Gasteiger partial charge in [0.25, 0.3) is 0 Å². The monoisotopic (exact) mass is 288 g/mol. The highest BCUT2D eigenvalue weighted by Crippen LogP contribution is 2.27. The number of nitrogens with one attached hydrogen (secondary N) is 1. The van der Waals surface area contributed by atoms with E-state index in [-0.39, 0.29) is 12.1 Å². The highest BCUT2D eigenvalue weighted by molar-refractivity contribution is 5.99. The van der Waals surface area contributed by atoms with Crippen molar-refractivity contribution in [1.29, 1.82) is 0 Å². The molecule has 3 rings (SSSR count). The highest BCUT2D eigenvalue weighted by atomic mass is 16.5. The van der Waals surface area contributed by atoms with Crippen LogP contribution in [0.25, 0.3) is 11.0 Å². The van der Waals surface area contributed by atoms with Crippen LogP contribution < -0.4 is 5.32 Å². The zero-order chi connectivity index (χ0) is 14.8. The molecular weight excluding hydrogens is 268 g/mol. The number of rotatable bonds is 3. The molecule has 1 aromatic carbocycles. The minimum Gasteiger partial charge on any atom is -0.459 e. The number of carbonyl (C=O) groups excluding carboxylic acids is 1. The standard InChI is InChI=1S/C16H20N2O3/c1-11-9-12-5-3-7-14(15(12)21-11)17-16(19)18-8-4-6-13(18)10-20-2/h3,5,7,9,13H,4,6,8,10H2,1-2H3,(H,17,19)/t13-/m0/s1. The van der Waals surface area contributed by atoms with Crippen LogP contribution in [0.2, 0.25) is 0 Å². The molecule has 0 spiro atoms. The molecule has 2 aromatic rings. The van der Waals surface area contributed by atoms with Crippen LogP contribution in [-0.4, -0.2) is 37.2 Å². The Morgan fingerprint density at radius 1 is 1.52 bits per heavy atom. The van der Waals surface area contributed by atoms with Crippen molar-refractivity contribution in [3.05, 3.63) is 30.0 Å². The third-order valence-electron chi connectivity index (χ3n) is 3.91. The number of aryl methyl sites for hydroxylation is 1. The normalized spacial score (nSPS) is 18.4. The van der Waals surface area contributed by atoms with E-state index in [9.17, 15) is 4.79 Å². The van der Waals surface area contributed by atoms with Gasteiger partial charge >= 0.3 is 6.03 Å². The maximum Gasteiger partial charge on any atom is 0.322 e. The van der Waals surface area contributed by atoms with Crippen molar-refractivity contribution in [1.82, 2.24) is 4.90 Å². The average molecular weight is 288 g/mol. The molecule has 21 heavy (non-hydrogen) atoms. The van der Waals surface area contributed by atoms with Gasteiger partial charge in [0.15, 0.2) is 5.58 Å². The number of furan rings is 1. The molecule has 112 valence electrons. The largest absolute Gasteiger partial charge is 0.459 e. The summed E-state index contributed by atoms with van der Waals surface area (Å²) < 4.78 is 10.9. The van der Waals surface area contributed by atoms with E-state index in [2.05, 4.69) is 5.32 Å². The first kappa shape index (κ1) is 13.9. The van der Waals surface area contributed by atoms with Crippen LogP contribution in [0.1, 0.15) is 18.6 Å². The lowest BCUT2D eigenvalue weighted by atomic mass is 10.2. The van der Waals surface area contributed by atoms with Crippen molar-refractivity contribution in [3.8, 4) is 0 Å². The Morgan fingerprint density at radius 2 is 2.38 bits per heavy atom. The van der Waals surface area contributed by atoms with Crippen LogP contribution in [0.5, 0.6) is 0 Å². The number of carbonyl (C=O) groups is 1. The number of anilines is 1. The van der Waals surface area contributed by atoms with Crippen molar-refractivity contribution in [2.24, 2.45) is 0 Å². The summed E-state index contributed by atoms with van der Waals surface area (Å²) in [6.45, 7) is 3.26. The van der Waals surface area contributed by atoms with E-state index in [1.807, 2.05) is 36.1 Å². The Bertz CT molecular complexity index is 650. The van der Waals surface area contributed by atoms with Gasteiger partial charge in [0.2, 0.25) is 0 Å². The molecule has 1 aliphatic rings. The van der Waals surface area contributed by atoms with E-state index >= 15 is 0 Å². The van der Waals surface area contributed by atoms with E-state index in [0.29, 0.717) is 12.3 Å². The second-order valence-electron chi connectivity index (χ2n) is 5.46. The van der Waals surface area contributed by atoms with E-state index in [0.717, 1.165) is 36.1 Å². The molecule has 0 radical (unpaired) electrons. The summed E-state index contributed by atoms with van der Waals surface area (Å²) in [4.78, 5) is 14.3. The molecule has 1 aromatic heterocycles. The molecule has 0 unspecified atom stereocenters. The van der Waals surface area contributed by atoms with Crippen molar-refractivity contribution >= 4 is 22.7 Å². The molecule has 2 heterocycles. The fourth-order valence-electron chi connectivity index (χ4n) is 2.95. The summed E-state index contributed by atoms with van der Waals surface area (Å²) >= 11 is 0. The maximum atomic E-state index is 12.5. The quantitative estimate of drug-likeness (QED) is 0.942. The smallest absolute Gasteiger partial charge is 0.322 e. The number of fused-ring (bicyclic) bond motifs is 1. The van der Waals surface area contributed by atoms with E-state index in [1.54, 1.807) is 7.11 Å². The second kappa shape index (κ2) is 5.77. The number of hydrogen-bond acceptors (Lipinski definition) is 3. The number of ether oxygens (including phenoxy) is 1. The fourth-order valence-corrected chi connectivity index (χ4v) is 2.95. The maximum absolute atomic E-state index is 12.5. The highest BCUT2D eigenvalue weighted by Gasteiger charge is 2.29. The fraction of sp³-hybridized carbons (Fsp3) is 0.438. The number of hydrogen-bond donors (Lipinski definition) is 1. The third-order valence-corrected chi connectivity index (χ3v) is 3.91. The second-order valence-corrected chi connectivity index (χ2v) is 5.46. The van der Waals surface area contributed by atoms with Crippen LogP contribution in [0.4, 0.5) is 10.5 Å². The van der Waals surface area contributed by atoms with Crippen molar-refractivity contribution in [2.75, 3.05) is 25.6 Å². The summed E-state index contributed by atoms with van der Waals surface area (Å²) in [5, 5.41) is 3.97. The minimum absolute atomic E-state index is 0.0869. The van der Waals surface area contributed by atoms with Gasteiger partial charge in [-0.25, -0.2) is 4.79 Å². The predicted octanol–water partition coefficient (Wildman–Crippen LogP) is 3.38. The summed E-state index contributed by atoms with van der Waals surface area (Å²) in [6, 6.07) is 7.80. The van der Waals surface area contributed by atoms with Gasteiger partial charge in [0.1, 0.15) is 5.76 Å². The van der Waals surface area contributed by atoms with E-state index in [1.165, 1.54) is 0 Å². The lowest BCUT2D eigenvalue weighted by Crippen LogP contribution is -2.40. The van der Waals surface area contributed by atoms with Gasteiger partial charge in [-0.2, -0.15) is 0 Å². The molecule has 1 N–H and O–H groups in total. The van der Waals surface area contributed by atoms with Crippen molar-refractivity contribution < 1.29 is 13.9 Å². The van der Waals surface area contributed by atoms with E-state index < -0.39 is 0 Å². The number of amides is 2. The number of likely N-dealkylation sites (tertiary alicyclic amines) is 1. The third kappa shape index (κ3) is 2.74. The lowest BCUT2D eigenvalue weighted by molar-refractivity contribution is 0.128. The van der Waals surface area contributed by atoms with Crippen LogP contribution in [0.3, 0.4) is 0 Å². The summed E-state index contributed by atoms with van der Waals surface area (Å²) in [6.07, 6.45) is 2.01. The van der Waals surface area contributed by atoms with Crippen LogP contribution in [0, 0.1) is 6.92 Å². The molecule has 2 amide bonds. The molecular formula is C16H20N2O3. The summed E-state index contributed by atoms with van der Waals surface area (Å²) in [5.41, 5.74) is 1.44. The number of urea groups is 1. The van der Waals surface area contributed by atoms with Crippen LogP contribution in [0.15, 0.2) is 28.7 Å². The van der Waals surface area contributed by atoms with Gasteiger partial charge in [0.05, 0.1) is 18.3 Å². The molecule has 1 aliphatic heterocycles. The predicted molar refractivity (Wildman–Crippen MR) is 81.6 cm³/mol. The average Bonchev–Trinajstić information content (AvgIpc) is 3.05. The first-order valence-corrected chi connectivity index (χ1v) is 7.25. The van der Waals surface area contributed by atoms with E-state index in [4.69, 9.17) is 9.15 Å². The molecule has 5 nitrogen and oxygen atoms in total. The number of methoxy groups -OCH3 is 1. The van der Waals surface area contributed by atoms with Gasteiger partial charge in [0, 0.05) is 19.0 Å². The topological polar surface area (TPSA) is 54.7 Å². The first-order valence-electron chi connectivity index (χ1n) is 7.25. The Labute approximate surface area is 123 Å². The number of para-hydroxylation sites is 1. The Morgan fingerprint density at radius 3 is 3.19 bits per heavy atom. The molecule has 0 bridgehead atoms. The molecule has 0 saturated carbocycles. The zero-order valence-corrected chi connectivity index (χ0v) is 12.4. The van der Waals surface area contributed by atoms with Crippen molar-refractivity contribution in [2.45, 2.75) is 25.8 Å². The first-order chi connectivity index (χ1) is 10.2. The lowest BCUT2D eigenvalue weighted by Gasteiger charge is -2.24. The van der Waals surface area contributed by atoms with Crippen LogP contribution >= 0.6 is 0 Å². The van der Waals surface area contributed by atoms with Gasteiger partial charge in [-0.1, -0.05) is 12.1 Å². The van der Waals surface area contributed by atoms with Gasteiger partial charge in [-0.05, 0) is 31.9 Å².